The minimum absolute atomic E-state index is 0.134. The molecule has 138 valence electrons. The monoisotopic (exact) mass is 371 g/mol. The number of hydrogen-bond donors (Lipinski definition) is 0. The Morgan fingerprint density at radius 1 is 1.08 bits per heavy atom. The van der Waals surface area contributed by atoms with Crippen molar-refractivity contribution in [3.63, 3.8) is 0 Å². The van der Waals surface area contributed by atoms with Gasteiger partial charge < -0.3 is 4.74 Å². The molecule has 0 bridgehead atoms. The van der Waals surface area contributed by atoms with Crippen LogP contribution in [0.5, 0.6) is 0 Å². The molecule has 0 saturated carbocycles. The van der Waals surface area contributed by atoms with Crippen LogP contribution in [0.3, 0.4) is 0 Å². The van der Waals surface area contributed by atoms with Crippen molar-refractivity contribution in [3.05, 3.63) is 64.7 Å². The molecule has 5 heteroatoms. The molecular formula is C21H26ClN3O. The molecule has 1 heterocycles. The third-order valence-electron chi connectivity index (χ3n) is 4.56. The zero-order chi connectivity index (χ0) is 18.7. The lowest BCUT2D eigenvalue weighted by molar-refractivity contribution is 0.250. The van der Waals surface area contributed by atoms with Gasteiger partial charge in [0.05, 0.1) is 20.4 Å². The van der Waals surface area contributed by atoms with Crippen LogP contribution in [0.2, 0.25) is 5.02 Å². The number of benzene rings is 2. The minimum Gasteiger partial charge on any atom is -0.468 e. The van der Waals surface area contributed by atoms with Crippen LogP contribution in [0, 0.1) is 0 Å². The van der Waals surface area contributed by atoms with E-state index >= 15 is 0 Å². The Morgan fingerprint density at radius 3 is 2.38 bits per heavy atom. The fourth-order valence-corrected chi connectivity index (χ4v) is 3.22. The standard InChI is InChI=1S/C21H26ClN3O/c1-21(2,3)17-9-11-18(12-10-17)25-15-24(14-23-20(25)26-4)13-16-7-5-6-8-19(16)22/h5-12H,13-15H2,1-4H3. The van der Waals surface area contributed by atoms with E-state index < -0.39 is 0 Å². The van der Waals surface area contributed by atoms with E-state index in [-0.39, 0.29) is 5.41 Å². The second-order valence-corrected chi connectivity index (χ2v) is 7.98. The van der Waals surface area contributed by atoms with Gasteiger partial charge in [-0.2, -0.15) is 0 Å². The highest BCUT2D eigenvalue weighted by molar-refractivity contribution is 6.31. The number of hydrogen-bond acceptors (Lipinski definition) is 4. The predicted molar refractivity (Wildman–Crippen MR) is 109 cm³/mol. The van der Waals surface area contributed by atoms with Gasteiger partial charge in [-0.15, -0.1) is 0 Å². The largest absolute Gasteiger partial charge is 0.468 e. The number of amidine groups is 1. The number of aliphatic imine (C=N–C) groups is 1. The average Bonchev–Trinajstić information content (AvgIpc) is 2.63. The lowest BCUT2D eigenvalue weighted by Gasteiger charge is -2.35. The molecule has 1 aliphatic rings. The van der Waals surface area contributed by atoms with Gasteiger partial charge in [0, 0.05) is 17.3 Å². The Kier molecular flexibility index (Phi) is 5.54. The van der Waals surface area contributed by atoms with Crippen molar-refractivity contribution >= 4 is 23.3 Å². The maximum Gasteiger partial charge on any atom is 0.294 e. The maximum atomic E-state index is 6.31. The van der Waals surface area contributed by atoms with E-state index in [2.05, 4.69) is 65.9 Å². The molecule has 26 heavy (non-hydrogen) atoms. The second kappa shape index (κ2) is 7.68. The zero-order valence-corrected chi connectivity index (χ0v) is 16.6. The van der Waals surface area contributed by atoms with Gasteiger partial charge in [-0.3, -0.25) is 9.80 Å². The fourth-order valence-electron chi connectivity index (χ4n) is 3.03. The summed E-state index contributed by atoms with van der Waals surface area (Å²) in [5.74, 6) is 0. The Hall–Kier alpha value is -2.04. The molecule has 0 fully saturated rings. The van der Waals surface area contributed by atoms with E-state index in [1.165, 1.54) is 5.56 Å². The molecule has 3 rings (SSSR count). The smallest absolute Gasteiger partial charge is 0.294 e. The number of anilines is 1. The topological polar surface area (TPSA) is 28.1 Å². The molecule has 0 aliphatic carbocycles. The van der Waals surface area contributed by atoms with Gasteiger partial charge in [0.25, 0.3) is 6.02 Å². The molecule has 4 nitrogen and oxygen atoms in total. The first-order valence-electron chi connectivity index (χ1n) is 8.81. The molecule has 0 aromatic heterocycles. The van der Waals surface area contributed by atoms with Crippen molar-refractivity contribution in [3.8, 4) is 0 Å². The summed E-state index contributed by atoms with van der Waals surface area (Å²) in [7, 11) is 1.67. The van der Waals surface area contributed by atoms with Crippen LogP contribution in [0.15, 0.2) is 53.5 Å². The van der Waals surface area contributed by atoms with E-state index in [1.54, 1.807) is 7.11 Å². The number of methoxy groups -OCH3 is 1. The molecule has 1 aliphatic heterocycles. The third kappa shape index (κ3) is 4.19. The molecule has 0 saturated heterocycles. The number of rotatable bonds is 3. The van der Waals surface area contributed by atoms with Crippen molar-refractivity contribution in [2.75, 3.05) is 25.3 Å². The van der Waals surface area contributed by atoms with Crippen molar-refractivity contribution in [2.24, 2.45) is 4.99 Å². The van der Waals surface area contributed by atoms with Gasteiger partial charge in [-0.25, -0.2) is 4.99 Å². The van der Waals surface area contributed by atoms with Gasteiger partial charge in [0.2, 0.25) is 0 Å². The van der Waals surface area contributed by atoms with Crippen LogP contribution < -0.4 is 4.90 Å². The fraction of sp³-hybridized carbons (Fsp3) is 0.381. The summed E-state index contributed by atoms with van der Waals surface area (Å²) < 4.78 is 5.50. The van der Waals surface area contributed by atoms with Crippen molar-refractivity contribution < 1.29 is 4.74 Å². The van der Waals surface area contributed by atoms with Crippen LogP contribution in [-0.4, -0.2) is 31.4 Å². The maximum absolute atomic E-state index is 6.31. The van der Waals surface area contributed by atoms with Gasteiger partial charge in [-0.05, 0) is 34.7 Å². The third-order valence-corrected chi connectivity index (χ3v) is 4.93. The van der Waals surface area contributed by atoms with Crippen LogP contribution >= 0.6 is 11.6 Å². The molecule has 2 aromatic carbocycles. The quantitative estimate of drug-likeness (QED) is 0.769. The summed E-state index contributed by atoms with van der Waals surface area (Å²) in [5.41, 5.74) is 3.62. The summed E-state index contributed by atoms with van der Waals surface area (Å²) in [4.78, 5) is 8.91. The lowest BCUT2D eigenvalue weighted by atomic mass is 9.87. The van der Waals surface area contributed by atoms with Gasteiger partial charge in [-0.1, -0.05) is 62.7 Å². The molecule has 2 aromatic rings. The highest BCUT2D eigenvalue weighted by atomic mass is 35.5. The normalized spacial score (nSPS) is 15.7. The summed E-state index contributed by atoms with van der Waals surface area (Å²) in [6.45, 7) is 8.69. The number of halogens is 1. The predicted octanol–water partition coefficient (Wildman–Crippen LogP) is 4.88. The lowest BCUT2D eigenvalue weighted by Crippen LogP contribution is -2.46. The van der Waals surface area contributed by atoms with Crippen molar-refractivity contribution in [1.29, 1.82) is 0 Å². The Morgan fingerprint density at radius 2 is 1.77 bits per heavy atom. The van der Waals surface area contributed by atoms with Crippen LogP contribution in [0.4, 0.5) is 5.69 Å². The molecule has 0 amide bonds. The van der Waals surface area contributed by atoms with E-state index in [4.69, 9.17) is 16.3 Å². The Labute approximate surface area is 161 Å². The van der Waals surface area contributed by atoms with Crippen LogP contribution in [-0.2, 0) is 16.7 Å². The first-order valence-corrected chi connectivity index (χ1v) is 9.18. The second-order valence-electron chi connectivity index (χ2n) is 7.57. The molecule has 0 unspecified atom stereocenters. The zero-order valence-electron chi connectivity index (χ0n) is 15.9. The SMILES string of the molecule is COC1=NCN(Cc2ccccc2Cl)CN1c1ccc(C(C)(C)C)cc1. The van der Waals surface area contributed by atoms with Gasteiger partial charge in [0.15, 0.2) is 0 Å². The summed E-state index contributed by atoms with van der Waals surface area (Å²) in [5, 5.41) is 0.787. The molecule has 0 radical (unpaired) electrons. The van der Waals surface area contributed by atoms with Crippen molar-refractivity contribution in [1.82, 2.24) is 4.90 Å². The van der Waals surface area contributed by atoms with Gasteiger partial charge in [0.1, 0.15) is 0 Å². The first kappa shape index (κ1) is 18.7. The van der Waals surface area contributed by atoms with Crippen LogP contribution in [0.25, 0.3) is 0 Å². The Balaban J connectivity index is 1.80. The molecular weight excluding hydrogens is 346 g/mol. The van der Waals surface area contributed by atoms with Crippen molar-refractivity contribution in [2.45, 2.75) is 32.7 Å². The average molecular weight is 372 g/mol. The van der Waals surface area contributed by atoms with E-state index in [9.17, 15) is 0 Å². The summed E-state index contributed by atoms with van der Waals surface area (Å²) in [6, 6.07) is 17.2. The molecule has 0 atom stereocenters. The van der Waals surface area contributed by atoms with E-state index in [1.807, 2.05) is 18.2 Å². The highest BCUT2D eigenvalue weighted by Gasteiger charge is 2.24. The summed E-state index contributed by atoms with van der Waals surface area (Å²) in [6.07, 6.45) is 0. The first-order chi connectivity index (χ1) is 12.4. The Bertz CT molecular complexity index is 781. The number of nitrogens with zero attached hydrogens (tertiary/aromatic N) is 3. The van der Waals surface area contributed by atoms with Crippen LogP contribution in [0.1, 0.15) is 31.9 Å². The molecule has 0 spiro atoms. The number of ether oxygens (including phenoxy) is 1. The summed E-state index contributed by atoms with van der Waals surface area (Å²) >= 11 is 6.31. The molecule has 0 N–H and O–H groups in total. The van der Waals surface area contributed by atoms with E-state index in [0.29, 0.717) is 19.4 Å². The van der Waals surface area contributed by atoms with Gasteiger partial charge >= 0.3 is 0 Å². The van der Waals surface area contributed by atoms with E-state index in [0.717, 1.165) is 22.8 Å². The highest BCUT2D eigenvalue weighted by Crippen LogP contribution is 2.27. The minimum atomic E-state index is 0.134.